The molecular formula is C19H18N4O3. The number of nitrogens with one attached hydrogen (secondary N) is 1. The molecule has 1 amide bonds. The van der Waals surface area contributed by atoms with E-state index in [9.17, 15) is 14.7 Å². The summed E-state index contributed by atoms with van der Waals surface area (Å²) in [5.74, 6) is -1.10. The van der Waals surface area contributed by atoms with E-state index in [2.05, 4.69) is 15.5 Å². The first kappa shape index (κ1) is 17.3. The van der Waals surface area contributed by atoms with E-state index in [1.165, 1.54) is 10.8 Å². The summed E-state index contributed by atoms with van der Waals surface area (Å²) in [4.78, 5) is 29.1. The summed E-state index contributed by atoms with van der Waals surface area (Å²) in [5, 5.41) is 14.8. The average Bonchev–Trinajstić information content (AvgIpc) is 2.66. The SMILES string of the molecule is CCCn1c(=O)c(C(=O)N/N=C/c2cccnc2)c(O)c2ccccc21. The topological polar surface area (TPSA) is 96.6 Å². The van der Waals surface area contributed by atoms with E-state index in [0.717, 1.165) is 6.42 Å². The van der Waals surface area contributed by atoms with Gasteiger partial charge in [-0.15, -0.1) is 0 Å². The molecule has 26 heavy (non-hydrogen) atoms. The maximum atomic E-state index is 12.7. The van der Waals surface area contributed by atoms with Gasteiger partial charge in [0.2, 0.25) is 0 Å². The molecule has 2 heterocycles. The Kier molecular flexibility index (Phi) is 5.07. The number of benzene rings is 1. The number of nitrogens with zero attached hydrogens (tertiary/aromatic N) is 3. The molecule has 0 bridgehead atoms. The lowest BCUT2D eigenvalue weighted by Gasteiger charge is -2.13. The van der Waals surface area contributed by atoms with Crippen LogP contribution in [0.2, 0.25) is 0 Å². The van der Waals surface area contributed by atoms with Gasteiger partial charge < -0.3 is 9.67 Å². The summed E-state index contributed by atoms with van der Waals surface area (Å²) in [7, 11) is 0. The van der Waals surface area contributed by atoms with Crippen molar-refractivity contribution in [2.24, 2.45) is 5.10 Å². The summed E-state index contributed by atoms with van der Waals surface area (Å²) >= 11 is 0. The molecule has 0 unspecified atom stereocenters. The molecular weight excluding hydrogens is 332 g/mol. The molecule has 1 aromatic carbocycles. The Hall–Kier alpha value is -3.48. The molecule has 0 aliphatic rings. The number of para-hydroxylation sites is 1. The fraction of sp³-hybridized carbons (Fsp3) is 0.158. The largest absolute Gasteiger partial charge is 0.506 e. The second-order valence-corrected chi connectivity index (χ2v) is 5.68. The lowest BCUT2D eigenvalue weighted by atomic mass is 10.1. The second kappa shape index (κ2) is 7.60. The zero-order valence-corrected chi connectivity index (χ0v) is 14.2. The molecule has 3 rings (SSSR count). The monoisotopic (exact) mass is 350 g/mol. The molecule has 0 aliphatic heterocycles. The summed E-state index contributed by atoms with van der Waals surface area (Å²) in [5.41, 5.74) is 2.71. The van der Waals surface area contributed by atoms with Crippen LogP contribution in [0, 0.1) is 0 Å². The number of hydrazone groups is 1. The maximum Gasteiger partial charge on any atom is 0.280 e. The maximum absolute atomic E-state index is 12.7. The van der Waals surface area contributed by atoms with Crippen molar-refractivity contribution in [3.63, 3.8) is 0 Å². The fourth-order valence-electron chi connectivity index (χ4n) is 2.71. The standard InChI is InChI=1S/C19H18N4O3/c1-2-10-23-15-8-4-3-7-14(15)17(24)16(19(23)26)18(25)22-21-12-13-6-5-9-20-11-13/h3-9,11-12,24H,2,10H2,1H3,(H,22,25)/b21-12+. The Morgan fingerprint density at radius 1 is 1.31 bits per heavy atom. The molecule has 2 aromatic heterocycles. The van der Waals surface area contributed by atoms with Crippen LogP contribution in [0.1, 0.15) is 29.3 Å². The summed E-state index contributed by atoms with van der Waals surface area (Å²) < 4.78 is 1.49. The van der Waals surface area contributed by atoms with Crippen LogP contribution in [-0.4, -0.2) is 26.8 Å². The van der Waals surface area contributed by atoms with Crippen LogP contribution in [0.4, 0.5) is 0 Å². The van der Waals surface area contributed by atoms with Gasteiger partial charge in [-0.2, -0.15) is 5.10 Å². The van der Waals surface area contributed by atoms with Crippen molar-refractivity contribution in [1.29, 1.82) is 0 Å². The highest BCUT2D eigenvalue weighted by Gasteiger charge is 2.21. The van der Waals surface area contributed by atoms with Crippen molar-refractivity contribution >= 4 is 23.0 Å². The second-order valence-electron chi connectivity index (χ2n) is 5.68. The third kappa shape index (κ3) is 3.32. The molecule has 0 saturated heterocycles. The minimum atomic E-state index is -0.761. The number of rotatable bonds is 5. The van der Waals surface area contributed by atoms with Gasteiger partial charge >= 0.3 is 0 Å². The van der Waals surface area contributed by atoms with Gasteiger partial charge in [0.1, 0.15) is 11.3 Å². The predicted molar refractivity (Wildman–Crippen MR) is 99.5 cm³/mol. The molecule has 0 atom stereocenters. The van der Waals surface area contributed by atoms with Crippen molar-refractivity contribution in [3.8, 4) is 5.75 Å². The smallest absolute Gasteiger partial charge is 0.280 e. The Bertz CT molecular complexity index is 1030. The Balaban J connectivity index is 2.00. The quantitative estimate of drug-likeness (QED) is 0.545. The van der Waals surface area contributed by atoms with Crippen molar-refractivity contribution in [3.05, 3.63) is 70.3 Å². The van der Waals surface area contributed by atoms with E-state index in [0.29, 0.717) is 23.0 Å². The Morgan fingerprint density at radius 3 is 2.85 bits per heavy atom. The lowest BCUT2D eigenvalue weighted by molar-refractivity contribution is 0.0950. The van der Waals surface area contributed by atoms with Gasteiger partial charge in [0.15, 0.2) is 0 Å². The molecule has 0 saturated carbocycles. The first-order chi connectivity index (χ1) is 12.6. The zero-order valence-electron chi connectivity index (χ0n) is 14.2. The molecule has 0 fully saturated rings. The number of fused-ring (bicyclic) bond motifs is 1. The van der Waals surface area contributed by atoms with Gasteiger partial charge in [-0.3, -0.25) is 14.6 Å². The minimum Gasteiger partial charge on any atom is -0.506 e. The van der Waals surface area contributed by atoms with E-state index >= 15 is 0 Å². The van der Waals surface area contributed by atoms with Crippen molar-refractivity contribution < 1.29 is 9.90 Å². The van der Waals surface area contributed by atoms with Crippen molar-refractivity contribution in [2.45, 2.75) is 19.9 Å². The number of carbonyl (C=O) groups excluding carboxylic acids is 1. The number of hydrogen-bond acceptors (Lipinski definition) is 5. The van der Waals surface area contributed by atoms with Gasteiger partial charge in [-0.1, -0.05) is 25.1 Å². The Labute approximate surface area is 149 Å². The molecule has 0 aliphatic carbocycles. The number of amides is 1. The Morgan fingerprint density at radius 2 is 2.12 bits per heavy atom. The van der Waals surface area contributed by atoms with Gasteiger partial charge in [0.25, 0.3) is 11.5 Å². The van der Waals surface area contributed by atoms with E-state index in [-0.39, 0.29) is 11.3 Å². The van der Waals surface area contributed by atoms with E-state index in [1.807, 2.05) is 6.92 Å². The zero-order chi connectivity index (χ0) is 18.5. The first-order valence-corrected chi connectivity index (χ1v) is 8.21. The molecule has 0 radical (unpaired) electrons. The molecule has 7 nitrogen and oxygen atoms in total. The van der Waals surface area contributed by atoms with E-state index in [4.69, 9.17) is 0 Å². The normalized spacial score (nSPS) is 11.1. The van der Waals surface area contributed by atoms with Crippen LogP contribution in [0.15, 0.2) is 58.7 Å². The van der Waals surface area contributed by atoms with Crippen LogP contribution in [0.5, 0.6) is 5.75 Å². The minimum absolute atomic E-state index is 0.319. The van der Waals surface area contributed by atoms with E-state index < -0.39 is 11.5 Å². The van der Waals surface area contributed by atoms with Gasteiger partial charge in [-0.25, -0.2) is 5.43 Å². The predicted octanol–water partition coefficient (Wildman–Crippen LogP) is 2.28. The number of aryl methyl sites for hydroxylation is 1. The van der Waals surface area contributed by atoms with Crippen LogP contribution < -0.4 is 11.0 Å². The third-order valence-corrected chi connectivity index (χ3v) is 3.88. The van der Waals surface area contributed by atoms with Crippen LogP contribution >= 0.6 is 0 Å². The van der Waals surface area contributed by atoms with Crippen molar-refractivity contribution in [2.75, 3.05) is 0 Å². The lowest BCUT2D eigenvalue weighted by Crippen LogP contribution is -2.31. The molecule has 132 valence electrons. The van der Waals surface area contributed by atoms with Crippen LogP contribution in [-0.2, 0) is 6.54 Å². The number of aromatic hydroxyl groups is 1. The van der Waals surface area contributed by atoms with Crippen molar-refractivity contribution in [1.82, 2.24) is 15.0 Å². The first-order valence-electron chi connectivity index (χ1n) is 8.21. The summed E-state index contributed by atoms with van der Waals surface area (Å²) in [6.45, 7) is 2.38. The average molecular weight is 350 g/mol. The number of hydrogen-bond donors (Lipinski definition) is 2. The van der Waals surface area contributed by atoms with Crippen LogP contribution in [0.25, 0.3) is 10.9 Å². The highest BCUT2D eigenvalue weighted by atomic mass is 16.3. The molecule has 3 aromatic rings. The highest BCUT2D eigenvalue weighted by Crippen LogP contribution is 2.26. The fourth-order valence-corrected chi connectivity index (χ4v) is 2.71. The number of aromatic nitrogens is 2. The molecule has 0 spiro atoms. The summed E-state index contributed by atoms with van der Waals surface area (Å²) in [6.07, 6.45) is 5.33. The number of carbonyl (C=O) groups is 1. The number of pyridine rings is 2. The molecule has 2 N–H and O–H groups in total. The van der Waals surface area contributed by atoms with Gasteiger partial charge in [0.05, 0.1) is 11.7 Å². The van der Waals surface area contributed by atoms with Gasteiger partial charge in [-0.05, 0) is 24.6 Å². The van der Waals surface area contributed by atoms with Gasteiger partial charge in [0, 0.05) is 29.9 Å². The van der Waals surface area contributed by atoms with E-state index in [1.54, 1.807) is 48.8 Å². The molecule has 7 heteroatoms. The highest BCUT2D eigenvalue weighted by molar-refractivity contribution is 6.02. The summed E-state index contributed by atoms with van der Waals surface area (Å²) in [6, 6.07) is 10.4. The third-order valence-electron chi connectivity index (χ3n) is 3.88. The van der Waals surface area contributed by atoms with Crippen LogP contribution in [0.3, 0.4) is 0 Å².